The van der Waals surface area contributed by atoms with Gasteiger partial charge in [0.25, 0.3) is 0 Å². The summed E-state index contributed by atoms with van der Waals surface area (Å²) in [5.74, 6) is -1.56. The molecule has 20 heavy (non-hydrogen) atoms. The minimum absolute atomic E-state index is 0.0598. The van der Waals surface area contributed by atoms with Crippen molar-refractivity contribution in [3.05, 3.63) is 40.5 Å². The van der Waals surface area contributed by atoms with Crippen molar-refractivity contribution in [2.24, 2.45) is 0 Å². The number of hydrogen-bond donors (Lipinski definition) is 1. The van der Waals surface area contributed by atoms with Gasteiger partial charge in [0.15, 0.2) is 0 Å². The van der Waals surface area contributed by atoms with E-state index in [0.29, 0.717) is 18.2 Å². The van der Waals surface area contributed by atoms with Crippen molar-refractivity contribution in [3.63, 3.8) is 0 Å². The molecule has 1 aromatic rings. The Labute approximate surface area is 109 Å². The minimum Gasteiger partial charge on any atom is -0.478 e. The van der Waals surface area contributed by atoms with Crippen LogP contribution in [0.5, 0.6) is 0 Å². The van der Waals surface area contributed by atoms with Crippen molar-refractivity contribution in [2.45, 2.75) is 19.3 Å². The summed E-state index contributed by atoms with van der Waals surface area (Å²) in [7, 11) is 0. The molecule has 0 bridgehead atoms. The first-order valence-corrected chi connectivity index (χ1v) is 5.13. The van der Waals surface area contributed by atoms with E-state index in [2.05, 4.69) is 0 Å². The molecular weight excluding hydrogens is 290 g/mol. The Kier molecular flexibility index (Phi) is 4.16. The number of hydrogen-bond acceptors (Lipinski definition) is 1. The summed E-state index contributed by atoms with van der Waals surface area (Å²) >= 11 is 0. The maximum absolute atomic E-state index is 12.8. The average molecular weight is 298 g/mol. The molecule has 8 heteroatoms. The van der Waals surface area contributed by atoms with E-state index in [1.165, 1.54) is 6.92 Å². The van der Waals surface area contributed by atoms with Crippen LogP contribution >= 0.6 is 0 Å². The molecule has 0 atom stereocenters. The second-order valence-corrected chi connectivity index (χ2v) is 3.94. The van der Waals surface area contributed by atoms with Crippen molar-refractivity contribution in [1.29, 1.82) is 0 Å². The van der Waals surface area contributed by atoms with E-state index in [1.807, 2.05) is 0 Å². The highest BCUT2D eigenvalue weighted by atomic mass is 19.4. The van der Waals surface area contributed by atoms with Crippen LogP contribution in [0.15, 0.2) is 18.2 Å². The topological polar surface area (TPSA) is 37.3 Å². The van der Waals surface area contributed by atoms with E-state index < -0.39 is 35.0 Å². The van der Waals surface area contributed by atoms with Crippen molar-refractivity contribution in [2.75, 3.05) is 0 Å². The van der Waals surface area contributed by atoms with E-state index in [4.69, 9.17) is 5.11 Å². The first-order chi connectivity index (χ1) is 8.93. The monoisotopic (exact) mass is 298 g/mol. The van der Waals surface area contributed by atoms with E-state index in [-0.39, 0.29) is 5.56 Å². The summed E-state index contributed by atoms with van der Waals surface area (Å²) in [5, 5.41) is 8.38. The minimum atomic E-state index is -5.25. The molecule has 1 aromatic carbocycles. The molecule has 2 nitrogen and oxygen atoms in total. The zero-order valence-electron chi connectivity index (χ0n) is 9.93. The summed E-state index contributed by atoms with van der Waals surface area (Å²) in [4.78, 5) is 10.3. The fourth-order valence-corrected chi connectivity index (χ4v) is 1.65. The summed E-state index contributed by atoms with van der Waals surface area (Å²) < 4.78 is 76.5. The number of halogens is 6. The maximum Gasteiger partial charge on any atom is 0.417 e. The van der Waals surface area contributed by atoms with Gasteiger partial charge < -0.3 is 5.11 Å². The molecule has 0 saturated heterocycles. The number of rotatable bonds is 2. The predicted octanol–water partition coefficient (Wildman–Crippen LogP) is 4.13. The van der Waals surface area contributed by atoms with Gasteiger partial charge in [-0.1, -0.05) is 6.07 Å². The van der Waals surface area contributed by atoms with Crippen molar-refractivity contribution < 1.29 is 36.2 Å². The van der Waals surface area contributed by atoms with Crippen molar-refractivity contribution >= 4 is 12.0 Å². The molecule has 0 spiro atoms. The first-order valence-electron chi connectivity index (χ1n) is 5.13. The Balaban J connectivity index is 3.66. The van der Waals surface area contributed by atoms with Gasteiger partial charge in [0.2, 0.25) is 0 Å². The van der Waals surface area contributed by atoms with Crippen LogP contribution in [0.1, 0.15) is 22.3 Å². The molecule has 0 fully saturated rings. The second kappa shape index (κ2) is 5.18. The molecular formula is C12H8F6O2. The average Bonchev–Trinajstić information content (AvgIpc) is 2.22. The zero-order valence-corrected chi connectivity index (χ0v) is 9.93. The fourth-order valence-electron chi connectivity index (χ4n) is 1.65. The molecule has 1 N–H and O–H groups in total. The standard InChI is InChI=1S/C12H8F6O2/c1-6-4-7(2-3-9(19)20)10(12(16,17)18)8(5-6)11(13,14)15/h2-5H,1H3,(H,19,20)/b3-2+. The van der Waals surface area contributed by atoms with Crippen LogP contribution in [0, 0.1) is 6.92 Å². The van der Waals surface area contributed by atoms with Crippen LogP contribution in [-0.4, -0.2) is 11.1 Å². The molecule has 0 unspecified atom stereocenters. The van der Waals surface area contributed by atoms with E-state index in [0.717, 1.165) is 6.07 Å². The van der Waals surface area contributed by atoms with Crippen LogP contribution in [0.3, 0.4) is 0 Å². The third-order valence-electron chi connectivity index (χ3n) is 2.31. The Morgan fingerprint density at radius 2 is 1.65 bits per heavy atom. The predicted molar refractivity (Wildman–Crippen MR) is 57.9 cm³/mol. The maximum atomic E-state index is 12.8. The largest absolute Gasteiger partial charge is 0.478 e. The first kappa shape index (κ1) is 16.1. The van der Waals surface area contributed by atoms with Crippen LogP contribution in [0.4, 0.5) is 26.3 Å². The summed E-state index contributed by atoms with van der Waals surface area (Å²) in [6.07, 6.45) is -9.60. The van der Waals surface area contributed by atoms with E-state index >= 15 is 0 Å². The van der Waals surface area contributed by atoms with Gasteiger partial charge in [0.05, 0.1) is 11.1 Å². The summed E-state index contributed by atoms with van der Waals surface area (Å²) in [6.45, 7) is 1.19. The second-order valence-electron chi connectivity index (χ2n) is 3.94. The number of aliphatic carboxylic acids is 1. The Hall–Kier alpha value is -1.99. The number of carboxylic acids is 1. The lowest BCUT2D eigenvalue weighted by atomic mass is 9.96. The molecule has 1 rings (SSSR count). The van der Waals surface area contributed by atoms with Gasteiger partial charge >= 0.3 is 18.3 Å². The molecule has 0 amide bonds. The van der Waals surface area contributed by atoms with E-state index in [9.17, 15) is 31.1 Å². The smallest absolute Gasteiger partial charge is 0.417 e. The Morgan fingerprint density at radius 1 is 1.10 bits per heavy atom. The molecule has 110 valence electrons. The van der Waals surface area contributed by atoms with Crippen LogP contribution < -0.4 is 0 Å². The van der Waals surface area contributed by atoms with Crippen LogP contribution in [0.25, 0.3) is 6.08 Å². The van der Waals surface area contributed by atoms with Gasteiger partial charge in [0, 0.05) is 6.08 Å². The van der Waals surface area contributed by atoms with Gasteiger partial charge in [-0.3, -0.25) is 0 Å². The molecule has 0 aromatic heterocycles. The van der Waals surface area contributed by atoms with Gasteiger partial charge in [-0.05, 0) is 30.2 Å². The Morgan fingerprint density at radius 3 is 2.05 bits per heavy atom. The van der Waals surface area contributed by atoms with Gasteiger partial charge in [-0.25, -0.2) is 4.79 Å². The molecule has 0 aliphatic heterocycles. The summed E-state index contributed by atoms with van der Waals surface area (Å²) in [6, 6.07) is 1.22. The number of carboxylic acid groups (broad SMARTS) is 1. The van der Waals surface area contributed by atoms with Crippen LogP contribution in [-0.2, 0) is 17.1 Å². The SMILES string of the molecule is Cc1cc(/C=C/C(=O)O)c(C(F)(F)F)c(C(F)(F)F)c1. The highest BCUT2D eigenvalue weighted by molar-refractivity contribution is 5.85. The molecule has 0 aliphatic carbocycles. The van der Waals surface area contributed by atoms with Crippen molar-refractivity contribution in [1.82, 2.24) is 0 Å². The normalized spacial score (nSPS) is 12.9. The highest BCUT2D eigenvalue weighted by Crippen LogP contribution is 2.43. The van der Waals surface area contributed by atoms with E-state index in [1.54, 1.807) is 0 Å². The summed E-state index contributed by atoms with van der Waals surface area (Å²) in [5.41, 5.74) is -4.63. The highest BCUT2D eigenvalue weighted by Gasteiger charge is 2.44. The van der Waals surface area contributed by atoms with Gasteiger partial charge in [-0.2, -0.15) is 26.3 Å². The third-order valence-corrected chi connectivity index (χ3v) is 2.31. The quantitative estimate of drug-likeness (QED) is 0.658. The molecule has 0 heterocycles. The molecule has 0 aliphatic rings. The fraction of sp³-hybridized carbons (Fsp3) is 0.250. The lowest BCUT2D eigenvalue weighted by molar-refractivity contribution is -0.162. The number of aryl methyl sites for hydroxylation is 1. The van der Waals surface area contributed by atoms with Gasteiger partial charge in [0.1, 0.15) is 0 Å². The number of benzene rings is 1. The lowest BCUT2D eigenvalue weighted by Crippen LogP contribution is -2.18. The molecule has 0 radical (unpaired) electrons. The lowest BCUT2D eigenvalue weighted by Gasteiger charge is -2.18. The van der Waals surface area contributed by atoms with Gasteiger partial charge in [-0.15, -0.1) is 0 Å². The third kappa shape index (κ3) is 3.75. The Bertz CT molecular complexity index is 554. The zero-order chi connectivity index (χ0) is 15.7. The molecule has 0 saturated carbocycles. The van der Waals surface area contributed by atoms with Crippen LogP contribution in [0.2, 0.25) is 0 Å². The number of alkyl halides is 6. The number of carbonyl (C=O) groups is 1. The van der Waals surface area contributed by atoms with Crippen molar-refractivity contribution in [3.8, 4) is 0 Å².